The maximum atomic E-state index is 13.2. The van der Waals surface area contributed by atoms with Crippen LogP contribution >= 0.6 is 0 Å². The lowest BCUT2D eigenvalue weighted by Gasteiger charge is -2.30. The highest BCUT2D eigenvalue weighted by Gasteiger charge is 2.40. The van der Waals surface area contributed by atoms with Crippen molar-refractivity contribution in [3.8, 4) is 0 Å². The van der Waals surface area contributed by atoms with Gasteiger partial charge in [0.25, 0.3) is 0 Å². The molecule has 0 aliphatic heterocycles. The van der Waals surface area contributed by atoms with Crippen LogP contribution in [0.15, 0.2) is 18.2 Å². The molecule has 1 aliphatic rings. The average molecular weight is 253 g/mol. The first-order chi connectivity index (χ1) is 8.55. The highest BCUT2D eigenvalue weighted by Crippen LogP contribution is 2.47. The Bertz CT molecular complexity index is 415. The second-order valence-electron chi connectivity index (χ2n) is 5.63. The molecule has 100 valence electrons. The summed E-state index contributed by atoms with van der Waals surface area (Å²) in [5, 5.41) is 3.39. The molecule has 1 nitrogen and oxygen atoms in total. The molecule has 0 spiro atoms. The molecule has 1 aromatic carbocycles. The van der Waals surface area contributed by atoms with Gasteiger partial charge in [0.15, 0.2) is 11.6 Å². The smallest absolute Gasteiger partial charge is 0.159 e. The summed E-state index contributed by atoms with van der Waals surface area (Å²) in [6.45, 7) is 6.21. The third-order valence-corrected chi connectivity index (χ3v) is 3.93. The van der Waals surface area contributed by atoms with Crippen molar-refractivity contribution in [2.75, 3.05) is 13.1 Å². The second-order valence-corrected chi connectivity index (χ2v) is 5.63. The minimum atomic E-state index is -0.765. The number of halogens is 2. The molecule has 1 saturated carbocycles. The zero-order valence-electron chi connectivity index (χ0n) is 11.1. The molecule has 1 unspecified atom stereocenters. The van der Waals surface area contributed by atoms with Crippen LogP contribution in [0.2, 0.25) is 0 Å². The minimum absolute atomic E-state index is 0.153. The van der Waals surface area contributed by atoms with E-state index in [4.69, 9.17) is 0 Å². The van der Waals surface area contributed by atoms with Crippen molar-refractivity contribution < 1.29 is 8.78 Å². The van der Waals surface area contributed by atoms with Gasteiger partial charge in [-0.25, -0.2) is 8.78 Å². The standard InChI is InChI=1S/C15H21F2N/c1-3-18-10-15(2,12-5-6-12)9-11-4-7-13(16)14(17)8-11/h4,7-8,12,18H,3,5-6,9-10H2,1-2H3. The van der Waals surface area contributed by atoms with Crippen molar-refractivity contribution >= 4 is 0 Å². The van der Waals surface area contributed by atoms with Gasteiger partial charge in [0, 0.05) is 6.54 Å². The molecule has 1 atom stereocenters. The van der Waals surface area contributed by atoms with Crippen LogP contribution < -0.4 is 5.32 Å². The Morgan fingerprint density at radius 1 is 1.28 bits per heavy atom. The van der Waals surface area contributed by atoms with Gasteiger partial charge in [-0.2, -0.15) is 0 Å². The first-order valence-corrected chi connectivity index (χ1v) is 6.70. The molecule has 1 fully saturated rings. The Morgan fingerprint density at radius 3 is 2.56 bits per heavy atom. The summed E-state index contributed by atoms with van der Waals surface area (Å²) in [6, 6.07) is 4.26. The Labute approximate surface area is 108 Å². The molecule has 2 rings (SSSR count). The molecule has 0 bridgehead atoms. The Morgan fingerprint density at radius 2 is 2.00 bits per heavy atom. The minimum Gasteiger partial charge on any atom is -0.316 e. The third-order valence-electron chi connectivity index (χ3n) is 3.93. The number of nitrogens with one attached hydrogen (secondary N) is 1. The Kier molecular flexibility index (Phi) is 4.00. The maximum absolute atomic E-state index is 13.2. The Hall–Kier alpha value is -0.960. The molecule has 0 amide bonds. The molecule has 0 saturated heterocycles. The fraction of sp³-hybridized carbons (Fsp3) is 0.600. The van der Waals surface area contributed by atoms with Gasteiger partial charge in [-0.15, -0.1) is 0 Å². The zero-order chi connectivity index (χ0) is 13.2. The average Bonchev–Trinajstić information content (AvgIpc) is 3.16. The molecule has 1 aliphatic carbocycles. The quantitative estimate of drug-likeness (QED) is 0.817. The number of benzene rings is 1. The topological polar surface area (TPSA) is 12.0 Å². The van der Waals surface area contributed by atoms with Gasteiger partial charge < -0.3 is 5.32 Å². The Balaban J connectivity index is 2.10. The normalized spacial score (nSPS) is 18.7. The summed E-state index contributed by atoms with van der Waals surface area (Å²) in [6.07, 6.45) is 3.32. The highest BCUT2D eigenvalue weighted by atomic mass is 19.2. The fourth-order valence-electron chi connectivity index (χ4n) is 2.66. The number of hydrogen-bond acceptors (Lipinski definition) is 1. The molecule has 0 radical (unpaired) electrons. The highest BCUT2D eigenvalue weighted by molar-refractivity contribution is 5.20. The van der Waals surface area contributed by atoms with Crippen LogP contribution in [-0.4, -0.2) is 13.1 Å². The molecule has 18 heavy (non-hydrogen) atoms. The second kappa shape index (κ2) is 5.35. The van der Waals surface area contributed by atoms with Gasteiger partial charge in [0.2, 0.25) is 0 Å². The lowest BCUT2D eigenvalue weighted by molar-refractivity contribution is 0.257. The molecule has 0 aromatic heterocycles. The van der Waals surface area contributed by atoms with E-state index in [-0.39, 0.29) is 5.41 Å². The first kappa shape index (κ1) is 13.5. The summed E-state index contributed by atoms with van der Waals surface area (Å²) in [4.78, 5) is 0. The summed E-state index contributed by atoms with van der Waals surface area (Å²) < 4.78 is 26.2. The maximum Gasteiger partial charge on any atom is 0.159 e. The van der Waals surface area contributed by atoms with Crippen molar-refractivity contribution in [3.05, 3.63) is 35.4 Å². The SMILES string of the molecule is CCNCC(C)(Cc1ccc(F)c(F)c1)C1CC1. The van der Waals surface area contributed by atoms with Crippen LogP contribution in [0.5, 0.6) is 0 Å². The van der Waals surface area contributed by atoms with E-state index in [1.807, 2.05) is 0 Å². The van der Waals surface area contributed by atoms with E-state index in [1.165, 1.54) is 25.0 Å². The van der Waals surface area contributed by atoms with E-state index in [0.717, 1.165) is 25.1 Å². The molecule has 1 aromatic rings. The van der Waals surface area contributed by atoms with Gasteiger partial charge >= 0.3 is 0 Å². The van der Waals surface area contributed by atoms with E-state index < -0.39 is 11.6 Å². The van der Waals surface area contributed by atoms with Crippen LogP contribution in [-0.2, 0) is 6.42 Å². The van der Waals surface area contributed by atoms with Crippen molar-refractivity contribution in [3.63, 3.8) is 0 Å². The monoisotopic (exact) mass is 253 g/mol. The van der Waals surface area contributed by atoms with Gasteiger partial charge in [0.1, 0.15) is 0 Å². The van der Waals surface area contributed by atoms with Crippen molar-refractivity contribution in [2.45, 2.75) is 33.1 Å². The van der Waals surface area contributed by atoms with E-state index in [9.17, 15) is 8.78 Å². The zero-order valence-corrected chi connectivity index (χ0v) is 11.1. The largest absolute Gasteiger partial charge is 0.316 e. The summed E-state index contributed by atoms with van der Waals surface area (Å²) in [5.41, 5.74) is 1.04. The first-order valence-electron chi connectivity index (χ1n) is 6.70. The molecule has 0 heterocycles. The van der Waals surface area contributed by atoms with Crippen LogP contribution in [0, 0.1) is 23.0 Å². The van der Waals surface area contributed by atoms with Gasteiger partial charge in [-0.1, -0.05) is 19.9 Å². The molecule has 3 heteroatoms. The van der Waals surface area contributed by atoms with E-state index >= 15 is 0 Å². The molecule has 1 N–H and O–H groups in total. The molecular weight excluding hydrogens is 232 g/mol. The summed E-state index contributed by atoms with van der Waals surface area (Å²) >= 11 is 0. The van der Waals surface area contributed by atoms with E-state index in [2.05, 4.69) is 19.2 Å². The van der Waals surface area contributed by atoms with E-state index in [1.54, 1.807) is 6.07 Å². The van der Waals surface area contributed by atoms with Crippen LogP contribution in [0.3, 0.4) is 0 Å². The third kappa shape index (κ3) is 3.08. The number of rotatable bonds is 6. The van der Waals surface area contributed by atoms with Crippen LogP contribution in [0.1, 0.15) is 32.3 Å². The predicted molar refractivity (Wildman–Crippen MR) is 69.4 cm³/mol. The van der Waals surface area contributed by atoms with Crippen LogP contribution in [0.25, 0.3) is 0 Å². The van der Waals surface area contributed by atoms with Crippen molar-refractivity contribution in [1.82, 2.24) is 5.32 Å². The number of hydrogen-bond donors (Lipinski definition) is 1. The summed E-state index contributed by atoms with van der Waals surface area (Å²) in [7, 11) is 0. The predicted octanol–water partition coefficient (Wildman–Crippen LogP) is 3.53. The lowest BCUT2D eigenvalue weighted by atomic mass is 9.79. The van der Waals surface area contributed by atoms with Crippen molar-refractivity contribution in [1.29, 1.82) is 0 Å². The van der Waals surface area contributed by atoms with Crippen molar-refractivity contribution in [2.24, 2.45) is 11.3 Å². The molecular formula is C15H21F2N. The summed E-state index contributed by atoms with van der Waals surface area (Å²) in [5.74, 6) is -0.794. The van der Waals surface area contributed by atoms with Gasteiger partial charge in [-0.05, 0) is 54.8 Å². The van der Waals surface area contributed by atoms with Gasteiger partial charge in [-0.3, -0.25) is 0 Å². The lowest BCUT2D eigenvalue weighted by Crippen LogP contribution is -2.35. The van der Waals surface area contributed by atoms with E-state index in [0.29, 0.717) is 5.92 Å². The fourth-order valence-corrected chi connectivity index (χ4v) is 2.66. The van der Waals surface area contributed by atoms with Crippen LogP contribution in [0.4, 0.5) is 8.78 Å². The van der Waals surface area contributed by atoms with Gasteiger partial charge in [0.05, 0.1) is 0 Å².